The zero-order valence-corrected chi connectivity index (χ0v) is 38.8. The molecule has 0 aliphatic heterocycles. The SMILES string of the molecule is C[C@H](CCC(=O)N[C@@H](Cc1cc(I)c(Oc2ccc([O-])c(I)c2)c(I)c1)C(=O)O)[C@H]1CC[C@H]2[C@@H]3[C@H](O)C[C@@H]4C[C@H](O)CC[C@]4(C)[C@H]3C[C@H](O)[C@]12C.[Na+]. The molecule has 4 fully saturated rings. The van der Waals surface area contributed by atoms with Crippen molar-refractivity contribution in [3.8, 4) is 17.2 Å². The van der Waals surface area contributed by atoms with E-state index in [-0.39, 0.29) is 106 Å². The molecule has 13 heteroatoms. The average molecular weight is 1060 g/mol. The number of carbonyl (C=O) groups is 2. The minimum atomic E-state index is -1.10. The summed E-state index contributed by atoms with van der Waals surface area (Å²) in [6, 6.07) is 7.38. The molecule has 12 atom stereocenters. The molecule has 4 saturated carbocycles. The van der Waals surface area contributed by atoms with Crippen LogP contribution in [0.25, 0.3) is 0 Å². The number of carboxylic acid groups (broad SMARTS) is 1. The Kier molecular flexibility index (Phi) is 14.3. The van der Waals surface area contributed by atoms with Gasteiger partial charge in [-0.3, -0.25) is 4.79 Å². The van der Waals surface area contributed by atoms with Gasteiger partial charge >= 0.3 is 35.5 Å². The van der Waals surface area contributed by atoms with E-state index in [9.17, 15) is 35.1 Å². The standard InChI is InChI=1S/C39H50I3NO8.Na/c1-19(24-6-7-25-35-26(18-33(47)39(24,25)3)38(2)11-10-22(44)15-21(38)16-32(35)46)4-9-34(48)43-30(37(49)50)14-20-12-28(41)36(29(42)13-20)51-23-5-8-31(45)27(40)17-23;/h5,8,12-13,17,19,21-22,24-26,30,32-33,35,44-47H,4,6-7,9-11,14-16,18H2,1-3H3,(H,43,48)(H,49,50);/q;+1/p-1/t19-,21+,22-,24-,25+,26+,30+,32-,33+,35+,38+,39-;/m1./s1. The second kappa shape index (κ2) is 17.3. The van der Waals surface area contributed by atoms with E-state index in [4.69, 9.17) is 4.74 Å². The van der Waals surface area contributed by atoms with Gasteiger partial charge in [0.1, 0.15) is 11.8 Å². The van der Waals surface area contributed by atoms with Gasteiger partial charge in [0, 0.05) is 16.4 Å². The Bertz CT molecular complexity index is 1630. The van der Waals surface area contributed by atoms with Crippen molar-refractivity contribution in [1.82, 2.24) is 5.32 Å². The maximum atomic E-state index is 13.2. The summed E-state index contributed by atoms with van der Waals surface area (Å²) in [5, 5.41) is 58.5. The number of carbonyl (C=O) groups excluding carboxylic acids is 1. The van der Waals surface area contributed by atoms with Crippen LogP contribution >= 0.6 is 67.8 Å². The number of hydrogen-bond acceptors (Lipinski definition) is 7. The number of carboxylic acids is 1. The largest absolute Gasteiger partial charge is 1.00 e. The fourth-order valence-corrected chi connectivity index (χ4v) is 13.5. The van der Waals surface area contributed by atoms with Crippen LogP contribution in [0.15, 0.2) is 30.3 Å². The Hall–Kier alpha value is 0.0500. The summed E-state index contributed by atoms with van der Waals surface area (Å²) in [6.45, 7) is 6.70. The summed E-state index contributed by atoms with van der Waals surface area (Å²) in [5.41, 5.74) is 0.414. The van der Waals surface area contributed by atoms with Crippen molar-refractivity contribution in [1.29, 1.82) is 0 Å². The normalized spacial score (nSPS) is 34.9. The monoisotopic (exact) mass is 1060 g/mol. The van der Waals surface area contributed by atoms with Crippen LogP contribution in [0.5, 0.6) is 17.2 Å². The summed E-state index contributed by atoms with van der Waals surface area (Å²) in [7, 11) is 0. The minimum absolute atomic E-state index is 0. The average Bonchev–Trinajstić information content (AvgIpc) is 3.42. The molecule has 0 spiro atoms. The molecular weight excluding hydrogens is 1010 g/mol. The molecule has 6 rings (SSSR count). The number of fused-ring (bicyclic) bond motifs is 5. The van der Waals surface area contributed by atoms with Gasteiger partial charge in [-0.2, -0.15) is 0 Å². The third-order valence-corrected chi connectivity index (χ3v) is 16.0. The number of hydrogen-bond donors (Lipinski definition) is 5. The molecule has 0 unspecified atom stereocenters. The van der Waals surface area contributed by atoms with Crippen molar-refractivity contribution in [3.63, 3.8) is 0 Å². The van der Waals surface area contributed by atoms with Crippen LogP contribution < -0.4 is 44.7 Å². The van der Waals surface area contributed by atoms with Crippen molar-refractivity contribution in [3.05, 3.63) is 46.6 Å². The first kappa shape index (κ1) is 43.2. The Labute approximate surface area is 369 Å². The third kappa shape index (κ3) is 8.50. The molecular formula is C39H49I3NNaO8. The predicted molar refractivity (Wildman–Crippen MR) is 216 cm³/mol. The molecule has 2 aromatic rings. The smallest absolute Gasteiger partial charge is 0.872 e. The number of rotatable bonds is 10. The van der Waals surface area contributed by atoms with Crippen molar-refractivity contribution < 1.29 is 69.4 Å². The van der Waals surface area contributed by atoms with Gasteiger partial charge in [-0.1, -0.05) is 32.6 Å². The second-order valence-electron chi connectivity index (χ2n) is 16.3. The number of benzene rings is 2. The molecule has 280 valence electrons. The quantitative estimate of drug-likeness (QED) is 0.178. The molecule has 0 aromatic heterocycles. The van der Waals surface area contributed by atoms with Gasteiger partial charge in [-0.15, -0.1) is 0 Å². The molecule has 0 bridgehead atoms. The van der Waals surface area contributed by atoms with Crippen molar-refractivity contribution in [2.45, 2.75) is 109 Å². The number of ether oxygens (including phenoxy) is 1. The van der Waals surface area contributed by atoms with Crippen LogP contribution in [0.3, 0.4) is 0 Å². The molecule has 2 aromatic carbocycles. The Morgan fingerprint density at radius 2 is 1.67 bits per heavy atom. The summed E-state index contributed by atoms with van der Waals surface area (Å²) < 4.78 is 8.19. The van der Waals surface area contributed by atoms with Crippen molar-refractivity contribution in [2.75, 3.05) is 0 Å². The molecule has 1 amide bonds. The van der Waals surface area contributed by atoms with E-state index in [1.807, 2.05) is 34.7 Å². The Morgan fingerprint density at radius 1 is 0.981 bits per heavy atom. The maximum absolute atomic E-state index is 13.2. The summed E-state index contributed by atoms with van der Waals surface area (Å²) in [5.74, 6) is 0.847. The van der Waals surface area contributed by atoms with Crippen LogP contribution in [0, 0.1) is 57.0 Å². The predicted octanol–water partition coefficient (Wildman–Crippen LogP) is 3.86. The minimum Gasteiger partial charge on any atom is -0.872 e. The summed E-state index contributed by atoms with van der Waals surface area (Å²) in [4.78, 5) is 25.5. The molecule has 9 nitrogen and oxygen atoms in total. The van der Waals surface area contributed by atoms with Gasteiger partial charge in [0.2, 0.25) is 5.91 Å². The van der Waals surface area contributed by atoms with Crippen molar-refractivity contribution >= 4 is 79.6 Å². The number of aliphatic carboxylic acids is 1. The Morgan fingerprint density at radius 3 is 2.33 bits per heavy atom. The van der Waals surface area contributed by atoms with E-state index < -0.39 is 24.2 Å². The first-order valence-corrected chi connectivity index (χ1v) is 21.4. The van der Waals surface area contributed by atoms with Crippen LogP contribution in [0.2, 0.25) is 0 Å². The molecule has 0 saturated heterocycles. The van der Waals surface area contributed by atoms with Gasteiger partial charge in [-0.05, 0) is 195 Å². The number of nitrogens with one attached hydrogen (secondary N) is 1. The van der Waals surface area contributed by atoms with Gasteiger partial charge in [0.15, 0.2) is 5.75 Å². The first-order chi connectivity index (χ1) is 24.0. The number of amides is 1. The van der Waals surface area contributed by atoms with Crippen LogP contribution in [0.1, 0.15) is 84.1 Å². The zero-order valence-electron chi connectivity index (χ0n) is 30.3. The molecule has 52 heavy (non-hydrogen) atoms. The zero-order chi connectivity index (χ0) is 37.0. The van der Waals surface area contributed by atoms with E-state index in [0.29, 0.717) is 27.9 Å². The first-order valence-electron chi connectivity index (χ1n) is 18.2. The van der Waals surface area contributed by atoms with Gasteiger partial charge < -0.3 is 35.6 Å². The maximum Gasteiger partial charge on any atom is 1.00 e. The number of halogens is 3. The third-order valence-electron chi connectivity index (χ3n) is 13.6. The van der Waals surface area contributed by atoms with E-state index in [1.165, 1.54) is 6.07 Å². The molecule has 4 aliphatic carbocycles. The van der Waals surface area contributed by atoms with E-state index >= 15 is 0 Å². The van der Waals surface area contributed by atoms with E-state index in [1.54, 1.807) is 12.1 Å². The molecule has 5 N–H and O–H groups in total. The fourth-order valence-electron chi connectivity index (χ4n) is 10.9. The van der Waals surface area contributed by atoms with Gasteiger partial charge in [0.25, 0.3) is 0 Å². The molecule has 0 radical (unpaired) electrons. The van der Waals surface area contributed by atoms with Crippen LogP contribution in [-0.4, -0.2) is 56.7 Å². The Balaban J connectivity index is 0.00000523. The number of aliphatic hydroxyl groups is 3. The van der Waals surface area contributed by atoms with Crippen LogP contribution in [-0.2, 0) is 16.0 Å². The molecule has 0 heterocycles. The van der Waals surface area contributed by atoms with Gasteiger partial charge in [-0.25, -0.2) is 4.79 Å². The topological polar surface area (TPSA) is 159 Å². The molecule has 4 aliphatic rings. The number of aliphatic hydroxyl groups excluding tert-OH is 3. The second-order valence-corrected chi connectivity index (χ2v) is 19.8. The van der Waals surface area contributed by atoms with Gasteiger partial charge in [0.05, 0.1) is 25.5 Å². The fraction of sp³-hybridized carbons (Fsp3) is 0.641. The summed E-state index contributed by atoms with van der Waals surface area (Å²) >= 11 is 6.27. The summed E-state index contributed by atoms with van der Waals surface area (Å²) in [6.07, 6.45) is 5.39. The van der Waals surface area contributed by atoms with E-state index in [2.05, 4.69) is 71.3 Å². The van der Waals surface area contributed by atoms with E-state index in [0.717, 1.165) is 51.2 Å². The van der Waals surface area contributed by atoms with Crippen LogP contribution in [0.4, 0.5) is 0 Å². The van der Waals surface area contributed by atoms with Crippen molar-refractivity contribution in [2.24, 2.45) is 46.3 Å².